The van der Waals surface area contributed by atoms with Gasteiger partial charge in [0.05, 0.1) is 25.2 Å². The van der Waals surface area contributed by atoms with Crippen LogP contribution in [0.3, 0.4) is 0 Å². The van der Waals surface area contributed by atoms with Gasteiger partial charge >= 0.3 is 97.7 Å². The molecule has 12 rings (SSSR count). The molecule has 12 aromatic rings. The molecule has 6 aromatic heterocycles. The quantitative estimate of drug-likeness (QED) is 0.0180. The number of halogens is 6. The van der Waals surface area contributed by atoms with Crippen molar-refractivity contribution in [3.8, 4) is 34.5 Å². The zero-order valence-electron chi connectivity index (χ0n) is 86.8. The van der Waals surface area contributed by atoms with Crippen LogP contribution in [0.25, 0.3) is 66.2 Å². The first-order valence-corrected chi connectivity index (χ1v) is 56.9. The molecular weight excluding hydrogens is 2140 g/mol. The van der Waals surface area contributed by atoms with Gasteiger partial charge in [0.15, 0.2) is 33.1 Å². The Balaban J connectivity index is 0.000000824. The minimum atomic E-state index is -3.62. The molecule has 0 aliphatic heterocycles. The highest BCUT2D eigenvalue weighted by Gasteiger charge is 2.58. The summed E-state index contributed by atoms with van der Waals surface area (Å²) in [6.07, 6.45) is 0. The van der Waals surface area contributed by atoms with E-state index in [4.69, 9.17) is 83.9 Å². The smallest absolute Gasteiger partial charge is 0.540 e. The highest BCUT2D eigenvalue weighted by atomic mass is 31.2. The van der Waals surface area contributed by atoms with Crippen LogP contribution < -0.4 is 56.5 Å². The van der Waals surface area contributed by atoms with E-state index in [1.54, 1.807) is 0 Å². The minimum Gasteiger partial charge on any atom is -0.562 e. The van der Waals surface area contributed by atoms with Gasteiger partial charge in [-0.05, 0) is 100 Å². The van der Waals surface area contributed by atoms with Gasteiger partial charge in [-0.2, -0.15) is 92.5 Å². The standard InChI is InChI=1S/6C12H22N6OP.6FO2P/c6*1-16(2)20(17(3)4,18(5)6)19-11-9-7-8-10-12(11)14-15-13-10;6*1-4(2)3/h6*7-9H,1-6H3,(H,13,14,15);;;;;;/q6*+1;;;;;;. The third kappa shape index (κ3) is 38.1. The largest absolute Gasteiger partial charge is 0.562 e. The van der Waals surface area contributed by atoms with Crippen molar-refractivity contribution in [3.63, 3.8) is 0 Å². The fourth-order valence-electron chi connectivity index (χ4n) is 14.2. The highest BCUT2D eigenvalue weighted by Crippen LogP contribution is 2.69. The summed E-state index contributed by atoms with van der Waals surface area (Å²) in [6, 6.07) is 34.6. The zero-order valence-corrected chi connectivity index (χ0v) is 97.5. The summed E-state index contributed by atoms with van der Waals surface area (Å²) in [7, 11) is 38.6. The molecule has 0 aliphatic carbocycles. The number of nitrogens with zero attached hydrogens (tertiary/aromatic N) is 30. The average Bonchev–Trinajstić information content (AvgIpc) is 1.44. The van der Waals surface area contributed by atoms with Crippen LogP contribution in [0.15, 0.2) is 109 Å². The second kappa shape index (κ2) is 63.3. The van der Waals surface area contributed by atoms with Gasteiger partial charge in [0.1, 0.15) is 33.1 Å². The van der Waals surface area contributed by atoms with Crippen molar-refractivity contribution in [1.82, 2.24) is 177 Å². The monoisotopic (exact) mass is 2270 g/mol. The van der Waals surface area contributed by atoms with E-state index in [2.05, 4.69) is 177 Å². The molecule has 0 fully saturated rings. The predicted molar refractivity (Wildman–Crippen MR) is 547 cm³/mol. The van der Waals surface area contributed by atoms with Crippen LogP contribution in [0.5, 0.6) is 34.5 Å². The zero-order chi connectivity index (χ0) is 111. The maximum absolute atomic E-state index is 9.95. The lowest BCUT2D eigenvalue weighted by molar-refractivity contribution is -0.175. The number of nitrogens with one attached hydrogen (secondary N) is 6. The van der Waals surface area contributed by atoms with E-state index in [1.165, 1.54) is 0 Å². The van der Waals surface area contributed by atoms with E-state index in [1.807, 2.05) is 363 Å². The summed E-state index contributed by atoms with van der Waals surface area (Å²) in [5.41, 5.74) is 9.33. The fourth-order valence-corrected chi connectivity index (χ4v) is 32.5. The topological polar surface area (TPSA) is 604 Å². The van der Waals surface area contributed by atoms with Gasteiger partial charge in [0.25, 0.3) is 0 Å². The molecule has 144 heavy (non-hydrogen) atoms. The van der Waals surface area contributed by atoms with Crippen molar-refractivity contribution in [3.05, 3.63) is 109 Å². The number of aromatic nitrogens is 18. The highest BCUT2D eigenvalue weighted by molar-refractivity contribution is 7.66. The number of hydrogen-bond donors (Lipinski definition) is 6. The van der Waals surface area contributed by atoms with Gasteiger partial charge in [0, 0.05) is 254 Å². The molecule has 6 atom stereocenters. The molecule has 804 valence electrons. The van der Waals surface area contributed by atoms with Crippen LogP contribution in [0.2, 0.25) is 0 Å². The van der Waals surface area contributed by atoms with Crippen molar-refractivity contribution >= 4 is 164 Å². The van der Waals surface area contributed by atoms with Crippen LogP contribution in [0.4, 0.5) is 25.2 Å². The molecule has 0 radical (unpaired) electrons. The number of aromatic amines is 6. The lowest BCUT2D eigenvalue weighted by Crippen LogP contribution is -2.39. The summed E-state index contributed by atoms with van der Waals surface area (Å²) < 4.78 is 187. The Hall–Kier alpha value is -7.68. The number of hydrogen-bond acceptors (Lipinski definition) is 48. The number of benzene rings is 6. The van der Waals surface area contributed by atoms with E-state index in [-0.39, 0.29) is 0 Å². The average molecular weight is 2280 g/mol. The Morgan fingerprint density at radius 2 is 0.271 bits per heavy atom. The second-order valence-corrected chi connectivity index (χ2v) is 56.0. The molecule has 6 aromatic carbocycles. The van der Waals surface area contributed by atoms with Gasteiger partial charge in [0.2, 0.25) is 34.5 Å². The summed E-state index contributed by atoms with van der Waals surface area (Å²) in [4.78, 5) is 50.2. The van der Waals surface area contributed by atoms with E-state index >= 15 is 0 Å². The van der Waals surface area contributed by atoms with Crippen LogP contribution in [0, 0.1) is 0 Å². The SMILES string of the molecule is CN(C)[P+](Oc1cccc2n[nH]nc12)(N(C)C)N(C)C.CN(C)[P+](Oc1cccc2n[nH]nc12)(N(C)C)N(C)C.CN(C)[P+](Oc1cccc2n[nH]nc12)(N(C)C)N(C)C.CN(C)[P+](Oc1cccc2n[nH]nc12)(N(C)C)N(C)C.CN(C)[P+](Oc1cccc2n[nH]nc12)(N(C)C)N(C)C.CN(C)[P+](Oc1cccc2n[nH]nc12)(N(C)C)N(C)C.O=[P+]([O-])F.O=[P+]([O-])F.O=[P+]([O-])F.O=[P+]([O-])F.O=[P+]([O-])F.O=[P+]([O-])F. The number of fused-ring (bicyclic) bond motifs is 6. The summed E-state index contributed by atoms with van der Waals surface area (Å²) in [5.74, 6) is 4.42. The van der Waals surface area contributed by atoms with E-state index in [9.17, 15) is 25.2 Å². The van der Waals surface area contributed by atoms with E-state index in [0.29, 0.717) is 0 Å². The first-order chi connectivity index (χ1) is 66.7. The maximum Gasteiger partial charge on any atom is 0.540 e. The van der Waals surface area contributed by atoms with Crippen molar-refractivity contribution in [2.75, 3.05) is 254 Å². The van der Waals surface area contributed by atoms with Gasteiger partial charge in [-0.3, -0.25) is 27.1 Å². The molecule has 6 N–H and O–H groups in total. The molecule has 0 spiro atoms. The van der Waals surface area contributed by atoms with Gasteiger partial charge in [-0.25, -0.2) is 0 Å². The first-order valence-electron chi connectivity index (χ1n) is 41.1. The Kier molecular flexibility index (Phi) is 59.1. The molecular formula is C72H132F6N36O18P12+6. The normalized spacial score (nSPS) is 12.5. The van der Waals surface area contributed by atoms with Crippen molar-refractivity contribution < 1.29 is 109 Å². The Labute approximate surface area is 842 Å². The number of para-hydroxylation sites is 6. The third-order valence-corrected chi connectivity index (χ3v) is 40.0. The van der Waals surface area contributed by atoms with Crippen LogP contribution in [-0.4, -0.2) is 430 Å². The van der Waals surface area contributed by atoms with Crippen molar-refractivity contribution in [2.45, 2.75) is 0 Å². The first kappa shape index (κ1) is 134. The van der Waals surface area contributed by atoms with Gasteiger partial charge in [-0.15, -0.1) is 84.1 Å². The maximum atomic E-state index is 9.95. The minimum absolute atomic E-state index is 0.737. The molecule has 6 unspecified atom stereocenters. The van der Waals surface area contributed by atoms with Crippen molar-refractivity contribution in [2.24, 2.45) is 0 Å². The van der Waals surface area contributed by atoms with Gasteiger partial charge in [-0.1, -0.05) is 36.4 Å². The Morgan fingerprint density at radius 1 is 0.188 bits per heavy atom. The Morgan fingerprint density at radius 3 is 0.347 bits per heavy atom. The van der Waals surface area contributed by atoms with Crippen molar-refractivity contribution in [1.29, 1.82) is 0 Å². The van der Waals surface area contributed by atoms with E-state index in [0.717, 1.165) is 101 Å². The van der Waals surface area contributed by atoms with Crippen LogP contribution >= 0.6 is 97.7 Å². The number of rotatable bonds is 30. The van der Waals surface area contributed by atoms with E-state index < -0.39 is 97.7 Å². The summed E-state index contributed by atoms with van der Waals surface area (Å²) >= 11 is 0. The summed E-state index contributed by atoms with van der Waals surface area (Å²) in [6.45, 7) is 0. The van der Waals surface area contributed by atoms with Crippen LogP contribution in [0.1, 0.15) is 0 Å². The second-order valence-electron chi connectivity index (χ2n) is 31.8. The fraction of sp³-hybridized carbons (Fsp3) is 0.500. The number of H-pyrrole nitrogens is 6. The Bertz CT molecular complexity index is 4830. The molecule has 54 nitrogen and oxygen atoms in total. The third-order valence-electron chi connectivity index (χ3n) is 18.6. The molecule has 0 saturated carbocycles. The lowest BCUT2D eigenvalue weighted by atomic mass is 10.3. The molecule has 0 aliphatic rings. The van der Waals surface area contributed by atoms with Crippen LogP contribution in [-0.2, 0) is 27.4 Å². The molecule has 6 heterocycles. The molecule has 0 bridgehead atoms. The van der Waals surface area contributed by atoms with Gasteiger partial charge < -0.3 is 29.4 Å². The molecule has 72 heteroatoms. The molecule has 0 saturated heterocycles. The molecule has 0 amide bonds. The summed E-state index contributed by atoms with van der Waals surface area (Å²) in [5, 5.41) is 65.5. The predicted octanol–water partition coefficient (Wildman–Crippen LogP) is 10.0. The lowest BCUT2D eigenvalue weighted by Gasteiger charge is -2.36.